The van der Waals surface area contributed by atoms with Crippen LogP contribution in [0.2, 0.25) is 0 Å². The molecule has 0 atom stereocenters. The summed E-state index contributed by atoms with van der Waals surface area (Å²) >= 11 is 0. The minimum Gasteiger partial charge on any atom is -0.355 e. The van der Waals surface area contributed by atoms with Crippen LogP contribution < -0.4 is 21.9 Å². The van der Waals surface area contributed by atoms with E-state index < -0.39 is 0 Å². The van der Waals surface area contributed by atoms with Crippen LogP contribution >= 0.6 is 0 Å². The van der Waals surface area contributed by atoms with Crippen LogP contribution in [-0.2, 0) is 0 Å². The van der Waals surface area contributed by atoms with Gasteiger partial charge in [-0.1, -0.05) is 25.7 Å². The molecule has 6 N–H and O–H groups in total. The second kappa shape index (κ2) is 12.4. The number of nitrogens with one attached hydrogen (secondary N) is 6. The van der Waals surface area contributed by atoms with Crippen LogP contribution in [0.4, 0.5) is 0 Å². The highest BCUT2D eigenvalue weighted by Gasteiger charge is 2.02. The lowest BCUT2D eigenvalue weighted by molar-refractivity contribution is 0.354. The van der Waals surface area contributed by atoms with Gasteiger partial charge < -0.3 is 9.97 Å². The van der Waals surface area contributed by atoms with Crippen molar-refractivity contribution in [1.29, 1.82) is 0 Å². The molecule has 186 valence electrons. The fourth-order valence-corrected chi connectivity index (χ4v) is 4.29. The Morgan fingerprint density at radius 2 is 0.833 bits per heavy atom. The number of hydrazine groups is 3. The Bertz CT molecular complexity index is 1230. The van der Waals surface area contributed by atoms with Gasteiger partial charge in [0.1, 0.15) is 0 Å². The standard InChI is InChI=1S/C20H14N4.C8H20N4/c1-2-14-10-16-5-6-18(23-16)12-20-8-7-19(24-20)11-17-4-3-15(22-17)9-13(1)21-14;1-2-4-6-8-10-12-11-9-7-5-3-1/h1-12,21-22H;9-12H,1-8H2. The third-order valence-corrected chi connectivity index (χ3v) is 6.13. The molecule has 1 saturated heterocycles. The van der Waals surface area contributed by atoms with E-state index in [1.165, 1.54) is 38.5 Å². The van der Waals surface area contributed by atoms with Crippen molar-refractivity contribution < 1.29 is 0 Å². The number of hydrogen-bond acceptors (Lipinski definition) is 6. The van der Waals surface area contributed by atoms with Crippen LogP contribution in [0.3, 0.4) is 0 Å². The highest BCUT2D eigenvalue weighted by Crippen LogP contribution is 2.17. The molecule has 3 aromatic heterocycles. The van der Waals surface area contributed by atoms with Gasteiger partial charge in [0.25, 0.3) is 0 Å². The molecule has 0 saturated carbocycles. The Kier molecular flexibility index (Phi) is 8.33. The van der Waals surface area contributed by atoms with Crippen molar-refractivity contribution in [2.45, 2.75) is 38.5 Å². The molecule has 3 aliphatic heterocycles. The molecule has 0 amide bonds. The zero-order valence-electron chi connectivity index (χ0n) is 20.5. The van der Waals surface area contributed by atoms with Crippen LogP contribution in [0.15, 0.2) is 48.5 Å². The van der Waals surface area contributed by atoms with Gasteiger partial charge in [-0.2, -0.15) is 11.1 Å². The highest BCUT2D eigenvalue weighted by atomic mass is 15.7. The van der Waals surface area contributed by atoms with Gasteiger partial charge in [0, 0.05) is 35.2 Å². The Hall–Kier alpha value is -3.56. The molecule has 36 heavy (non-hydrogen) atoms. The molecule has 3 aromatic rings. The summed E-state index contributed by atoms with van der Waals surface area (Å²) in [6, 6.07) is 16.4. The van der Waals surface area contributed by atoms with E-state index in [4.69, 9.17) is 0 Å². The first-order valence-electron chi connectivity index (χ1n) is 12.8. The maximum atomic E-state index is 4.62. The van der Waals surface area contributed by atoms with Gasteiger partial charge in [0.05, 0.1) is 22.8 Å². The van der Waals surface area contributed by atoms with Crippen LogP contribution in [0.5, 0.6) is 0 Å². The predicted molar refractivity (Wildman–Crippen MR) is 149 cm³/mol. The summed E-state index contributed by atoms with van der Waals surface area (Å²) in [5.41, 5.74) is 19.8. The van der Waals surface area contributed by atoms with E-state index in [0.717, 1.165) is 57.9 Å². The number of H-pyrrole nitrogens is 2. The SMILES string of the molecule is C1=Cc2cc3ccc(cc4ccc(cc5nc(cc1n2)C=C5)[nH]4)[nH]3.C1CCCCNNNNCCC1. The number of hydrogen-bond donors (Lipinski definition) is 6. The second-order valence-corrected chi connectivity index (χ2v) is 9.13. The average molecular weight is 483 g/mol. The van der Waals surface area contributed by atoms with E-state index in [2.05, 4.69) is 72.2 Å². The van der Waals surface area contributed by atoms with E-state index in [1.807, 2.05) is 42.5 Å². The van der Waals surface area contributed by atoms with Crippen LogP contribution in [0, 0.1) is 0 Å². The third kappa shape index (κ3) is 7.22. The van der Waals surface area contributed by atoms with Crippen LogP contribution in [-0.4, -0.2) is 33.0 Å². The molecule has 8 nitrogen and oxygen atoms in total. The summed E-state index contributed by atoms with van der Waals surface area (Å²) < 4.78 is 0. The smallest absolute Gasteiger partial charge is 0.0659 e. The molecule has 8 bridgehead atoms. The number of rotatable bonds is 0. The summed E-state index contributed by atoms with van der Waals surface area (Å²) in [6.45, 7) is 2.07. The van der Waals surface area contributed by atoms with Gasteiger partial charge >= 0.3 is 0 Å². The summed E-state index contributed by atoms with van der Waals surface area (Å²) in [5, 5.41) is 0. The van der Waals surface area contributed by atoms with Gasteiger partial charge in [-0.25, -0.2) is 20.8 Å². The molecule has 0 spiro atoms. The quantitative estimate of drug-likeness (QED) is 0.183. The molecular formula is C28H34N8. The predicted octanol–water partition coefficient (Wildman–Crippen LogP) is 5.10. The summed E-state index contributed by atoms with van der Waals surface area (Å²) in [6.07, 6.45) is 16.0. The molecule has 6 heterocycles. The fourth-order valence-electron chi connectivity index (χ4n) is 4.29. The maximum Gasteiger partial charge on any atom is 0.0659 e. The molecule has 0 unspecified atom stereocenters. The lowest BCUT2D eigenvalue weighted by atomic mass is 10.1. The molecule has 0 aliphatic carbocycles. The topological polar surface area (TPSA) is 105 Å². The minimum atomic E-state index is 0.915. The van der Waals surface area contributed by atoms with Gasteiger partial charge in [-0.05, 0) is 85.7 Å². The maximum absolute atomic E-state index is 4.62. The number of fused-ring (bicyclic) bond motifs is 8. The van der Waals surface area contributed by atoms with Gasteiger partial charge in [-0.3, -0.25) is 0 Å². The Balaban J connectivity index is 0.000000189. The summed E-state index contributed by atoms with van der Waals surface area (Å²) in [4.78, 5) is 16.0. The average Bonchev–Trinajstić information content (AvgIpc) is 3.66. The van der Waals surface area contributed by atoms with Gasteiger partial charge in [0.15, 0.2) is 0 Å². The van der Waals surface area contributed by atoms with Crippen molar-refractivity contribution in [1.82, 2.24) is 41.9 Å². The largest absolute Gasteiger partial charge is 0.355 e. The van der Waals surface area contributed by atoms with E-state index in [1.54, 1.807) is 0 Å². The summed E-state index contributed by atoms with van der Waals surface area (Å²) in [7, 11) is 0. The Labute approximate surface area is 211 Å². The number of nitrogens with zero attached hydrogens (tertiary/aromatic N) is 2. The van der Waals surface area contributed by atoms with Crippen molar-refractivity contribution in [3.63, 3.8) is 0 Å². The molecule has 3 aliphatic rings. The van der Waals surface area contributed by atoms with Crippen molar-refractivity contribution in [2.75, 3.05) is 13.1 Å². The lowest BCUT2D eigenvalue weighted by Gasteiger charge is -2.11. The molecule has 1 fully saturated rings. The lowest BCUT2D eigenvalue weighted by Crippen LogP contribution is -2.51. The van der Waals surface area contributed by atoms with Crippen molar-refractivity contribution in [3.05, 3.63) is 71.3 Å². The third-order valence-electron chi connectivity index (χ3n) is 6.13. The normalized spacial score (nSPS) is 16.4. The number of aromatic amines is 2. The van der Waals surface area contributed by atoms with Crippen molar-refractivity contribution >= 4 is 46.4 Å². The zero-order valence-corrected chi connectivity index (χ0v) is 20.5. The molecule has 0 radical (unpaired) electrons. The first-order chi connectivity index (χ1) is 17.8. The van der Waals surface area contributed by atoms with E-state index in [9.17, 15) is 0 Å². The minimum absolute atomic E-state index is 0.915. The van der Waals surface area contributed by atoms with E-state index in [0.29, 0.717) is 0 Å². The zero-order chi connectivity index (χ0) is 24.4. The number of aromatic nitrogens is 4. The highest BCUT2D eigenvalue weighted by molar-refractivity contribution is 5.77. The van der Waals surface area contributed by atoms with Gasteiger partial charge in [-0.15, -0.1) is 0 Å². The van der Waals surface area contributed by atoms with Crippen LogP contribution in [0.1, 0.15) is 61.3 Å². The molecule has 0 aromatic carbocycles. The Morgan fingerprint density at radius 3 is 1.31 bits per heavy atom. The fraction of sp³-hybridized carbons (Fsp3) is 0.286. The van der Waals surface area contributed by atoms with E-state index in [-0.39, 0.29) is 0 Å². The van der Waals surface area contributed by atoms with Crippen molar-refractivity contribution in [2.24, 2.45) is 0 Å². The second-order valence-electron chi connectivity index (χ2n) is 9.13. The molecule has 8 heteroatoms. The van der Waals surface area contributed by atoms with Crippen molar-refractivity contribution in [3.8, 4) is 0 Å². The van der Waals surface area contributed by atoms with Crippen LogP contribution in [0.25, 0.3) is 46.4 Å². The monoisotopic (exact) mass is 482 g/mol. The molecular weight excluding hydrogens is 448 g/mol. The first-order valence-corrected chi connectivity index (χ1v) is 12.8. The van der Waals surface area contributed by atoms with Gasteiger partial charge in [0.2, 0.25) is 0 Å². The summed E-state index contributed by atoms with van der Waals surface area (Å²) in [5.74, 6) is 0. The Morgan fingerprint density at radius 1 is 0.444 bits per heavy atom. The first kappa shape index (κ1) is 24.1. The van der Waals surface area contributed by atoms with E-state index >= 15 is 0 Å². The molecule has 6 rings (SSSR count).